The third kappa shape index (κ3) is 3.34. The predicted octanol–water partition coefficient (Wildman–Crippen LogP) is 2.56. The fourth-order valence-electron chi connectivity index (χ4n) is 2.69. The first-order valence-electron chi connectivity index (χ1n) is 6.74. The molecular formula is C15H21BrO4. The number of rotatable bonds is 5. The Hall–Kier alpha value is -0.620. The van der Waals surface area contributed by atoms with Crippen molar-refractivity contribution >= 4 is 15.9 Å². The molecule has 1 aliphatic heterocycles. The second kappa shape index (κ2) is 6.89. The van der Waals surface area contributed by atoms with Crippen LogP contribution in [0.2, 0.25) is 0 Å². The summed E-state index contributed by atoms with van der Waals surface area (Å²) in [5, 5.41) is 10.6. The van der Waals surface area contributed by atoms with Crippen molar-refractivity contribution in [1.29, 1.82) is 0 Å². The van der Waals surface area contributed by atoms with Crippen molar-refractivity contribution in [3.63, 3.8) is 0 Å². The first kappa shape index (κ1) is 15.8. The number of aliphatic hydroxyl groups is 1. The Morgan fingerprint density at radius 1 is 1.35 bits per heavy atom. The lowest BCUT2D eigenvalue weighted by molar-refractivity contribution is -0.151. The van der Waals surface area contributed by atoms with Gasteiger partial charge in [0.25, 0.3) is 0 Å². The van der Waals surface area contributed by atoms with Gasteiger partial charge in [-0.1, -0.05) is 15.9 Å². The molecule has 0 saturated carbocycles. The van der Waals surface area contributed by atoms with Crippen molar-refractivity contribution in [1.82, 2.24) is 0 Å². The van der Waals surface area contributed by atoms with Gasteiger partial charge in [0.2, 0.25) is 0 Å². The minimum Gasteiger partial charge on any atom is -0.496 e. The van der Waals surface area contributed by atoms with Crippen LogP contribution in [0.1, 0.15) is 18.4 Å². The van der Waals surface area contributed by atoms with Gasteiger partial charge in [0.15, 0.2) is 0 Å². The summed E-state index contributed by atoms with van der Waals surface area (Å²) in [6, 6.07) is 5.80. The zero-order valence-electron chi connectivity index (χ0n) is 11.9. The maximum Gasteiger partial charge on any atom is 0.122 e. The molecule has 1 atom stereocenters. The average Bonchev–Trinajstić information content (AvgIpc) is 2.48. The zero-order valence-corrected chi connectivity index (χ0v) is 13.5. The van der Waals surface area contributed by atoms with E-state index in [9.17, 15) is 5.11 Å². The Kier molecular flexibility index (Phi) is 5.43. The largest absolute Gasteiger partial charge is 0.496 e. The zero-order chi connectivity index (χ0) is 14.6. The molecule has 0 aliphatic carbocycles. The van der Waals surface area contributed by atoms with Crippen molar-refractivity contribution in [3.8, 4) is 5.75 Å². The summed E-state index contributed by atoms with van der Waals surface area (Å²) >= 11 is 3.45. The molecule has 1 fully saturated rings. The maximum atomic E-state index is 10.6. The van der Waals surface area contributed by atoms with Crippen LogP contribution in [-0.4, -0.2) is 44.2 Å². The van der Waals surface area contributed by atoms with Gasteiger partial charge in [-0.15, -0.1) is 0 Å². The minimum absolute atomic E-state index is 0.496. The van der Waals surface area contributed by atoms with Crippen LogP contribution in [0, 0.1) is 0 Å². The Bertz CT molecular complexity index is 443. The van der Waals surface area contributed by atoms with Crippen molar-refractivity contribution in [2.45, 2.75) is 31.0 Å². The first-order chi connectivity index (χ1) is 9.61. The Morgan fingerprint density at radius 2 is 2.05 bits per heavy atom. The normalized spacial score (nSPS) is 19.6. The molecule has 1 saturated heterocycles. The Morgan fingerprint density at radius 3 is 2.65 bits per heavy atom. The lowest BCUT2D eigenvalue weighted by Crippen LogP contribution is -2.49. The van der Waals surface area contributed by atoms with Crippen LogP contribution < -0.4 is 4.74 Å². The van der Waals surface area contributed by atoms with E-state index in [1.165, 1.54) is 0 Å². The van der Waals surface area contributed by atoms with Gasteiger partial charge in [0.05, 0.1) is 18.8 Å². The summed E-state index contributed by atoms with van der Waals surface area (Å²) in [6.45, 7) is 1.25. The summed E-state index contributed by atoms with van der Waals surface area (Å²) < 4.78 is 17.3. The first-order valence-corrected chi connectivity index (χ1v) is 7.54. The maximum absolute atomic E-state index is 10.6. The van der Waals surface area contributed by atoms with E-state index < -0.39 is 11.7 Å². The number of aliphatic hydroxyl groups excluding tert-OH is 1. The van der Waals surface area contributed by atoms with Crippen molar-refractivity contribution < 1.29 is 19.3 Å². The van der Waals surface area contributed by atoms with Gasteiger partial charge in [-0.2, -0.15) is 0 Å². The highest BCUT2D eigenvalue weighted by Gasteiger charge is 2.40. The second-order valence-corrected chi connectivity index (χ2v) is 5.97. The number of ether oxygens (including phenoxy) is 3. The van der Waals surface area contributed by atoms with Gasteiger partial charge in [0.1, 0.15) is 5.75 Å². The van der Waals surface area contributed by atoms with Gasteiger partial charge < -0.3 is 19.3 Å². The average molecular weight is 345 g/mol. The molecule has 1 aliphatic rings. The number of benzene rings is 1. The lowest BCUT2D eigenvalue weighted by atomic mass is 9.84. The van der Waals surface area contributed by atoms with Crippen LogP contribution in [0.3, 0.4) is 0 Å². The molecule has 1 unspecified atom stereocenters. The standard InChI is InChI=1S/C15H21BrO4/c1-18-13-4-3-12(16)9-11(13)10-14(17)15(19-2)5-7-20-8-6-15/h3-4,9,14,17H,5-8,10H2,1-2H3. The third-order valence-corrected chi connectivity index (χ3v) is 4.50. The van der Waals surface area contributed by atoms with E-state index in [2.05, 4.69) is 15.9 Å². The van der Waals surface area contributed by atoms with Crippen LogP contribution in [-0.2, 0) is 15.9 Å². The molecule has 0 aromatic heterocycles. The molecule has 1 heterocycles. The fourth-order valence-corrected chi connectivity index (χ4v) is 3.10. The highest BCUT2D eigenvalue weighted by molar-refractivity contribution is 9.10. The topological polar surface area (TPSA) is 47.9 Å². The van der Waals surface area contributed by atoms with E-state index in [-0.39, 0.29) is 0 Å². The van der Waals surface area contributed by atoms with Crippen molar-refractivity contribution in [2.24, 2.45) is 0 Å². The molecule has 20 heavy (non-hydrogen) atoms. The summed E-state index contributed by atoms with van der Waals surface area (Å²) in [6.07, 6.45) is 1.33. The van der Waals surface area contributed by atoms with Gasteiger partial charge in [-0.3, -0.25) is 0 Å². The van der Waals surface area contributed by atoms with Gasteiger partial charge in [-0.25, -0.2) is 0 Å². The number of hydrogen-bond acceptors (Lipinski definition) is 4. The molecule has 1 aromatic rings. The SMILES string of the molecule is COc1ccc(Br)cc1CC(O)C1(OC)CCOCC1. The monoisotopic (exact) mass is 344 g/mol. The number of halogens is 1. The molecule has 1 aromatic carbocycles. The summed E-state index contributed by atoms with van der Waals surface area (Å²) in [5.74, 6) is 0.783. The molecule has 1 N–H and O–H groups in total. The van der Waals surface area contributed by atoms with Crippen molar-refractivity contribution in [3.05, 3.63) is 28.2 Å². The molecule has 0 radical (unpaired) electrons. The summed E-state index contributed by atoms with van der Waals surface area (Å²) in [5.41, 5.74) is 0.447. The van der Waals surface area contributed by atoms with E-state index in [1.807, 2.05) is 18.2 Å². The molecule has 0 amide bonds. The van der Waals surface area contributed by atoms with Crippen LogP contribution >= 0.6 is 15.9 Å². The summed E-state index contributed by atoms with van der Waals surface area (Å²) in [4.78, 5) is 0. The number of hydrogen-bond donors (Lipinski definition) is 1. The number of methoxy groups -OCH3 is 2. The molecule has 112 valence electrons. The minimum atomic E-state index is -0.584. The second-order valence-electron chi connectivity index (χ2n) is 5.06. The van der Waals surface area contributed by atoms with Gasteiger partial charge in [-0.05, 0) is 23.8 Å². The van der Waals surface area contributed by atoms with Gasteiger partial charge >= 0.3 is 0 Å². The van der Waals surface area contributed by atoms with Crippen LogP contribution in [0.15, 0.2) is 22.7 Å². The quantitative estimate of drug-likeness (QED) is 0.891. The van der Waals surface area contributed by atoms with Gasteiger partial charge in [0, 0.05) is 44.1 Å². The molecule has 5 heteroatoms. The molecule has 4 nitrogen and oxygen atoms in total. The molecule has 2 rings (SSSR count). The van der Waals surface area contributed by atoms with E-state index in [1.54, 1.807) is 14.2 Å². The van der Waals surface area contributed by atoms with E-state index in [0.29, 0.717) is 32.5 Å². The Balaban J connectivity index is 2.17. The summed E-state index contributed by atoms with van der Waals surface area (Å²) in [7, 11) is 3.30. The van der Waals surface area contributed by atoms with Crippen LogP contribution in [0.25, 0.3) is 0 Å². The van der Waals surface area contributed by atoms with Crippen LogP contribution in [0.4, 0.5) is 0 Å². The Labute approximate surface area is 128 Å². The van der Waals surface area contributed by atoms with E-state index in [4.69, 9.17) is 14.2 Å². The smallest absolute Gasteiger partial charge is 0.122 e. The van der Waals surface area contributed by atoms with E-state index >= 15 is 0 Å². The highest BCUT2D eigenvalue weighted by atomic mass is 79.9. The lowest BCUT2D eigenvalue weighted by Gasteiger charge is -2.39. The van der Waals surface area contributed by atoms with E-state index in [0.717, 1.165) is 15.8 Å². The molecular weight excluding hydrogens is 324 g/mol. The van der Waals surface area contributed by atoms with Crippen LogP contribution in [0.5, 0.6) is 5.75 Å². The predicted molar refractivity (Wildman–Crippen MR) is 80.2 cm³/mol. The fraction of sp³-hybridized carbons (Fsp3) is 0.600. The molecule has 0 spiro atoms. The third-order valence-electron chi connectivity index (χ3n) is 4.01. The highest BCUT2D eigenvalue weighted by Crippen LogP contribution is 2.32. The van der Waals surface area contributed by atoms with Crippen molar-refractivity contribution in [2.75, 3.05) is 27.4 Å². The molecule has 0 bridgehead atoms.